The summed E-state index contributed by atoms with van der Waals surface area (Å²) in [5, 5.41) is 29.3. The number of nitrogens with zero attached hydrogens (tertiary/aromatic N) is 2. The topological polar surface area (TPSA) is 141 Å². The number of aldehydes is 1. The minimum atomic E-state index is -0.923. The highest BCUT2D eigenvalue weighted by atomic mass is 16.7. The summed E-state index contributed by atoms with van der Waals surface area (Å²) in [7, 11) is 5.50. The highest BCUT2D eigenvalue weighted by Crippen LogP contribution is 2.61. The Morgan fingerprint density at radius 2 is 1.89 bits per heavy atom. The lowest BCUT2D eigenvalue weighted by molar-refractivity contribution is -0.183. The lowest BCUT2D eigenvalue weighted by Crippen LogP contribution is -2.62. The van der Waals surface area contributed by atoms with E-state index in [1.165, 1.54) is 6.42 Å². The van der Waals surface area contributed by atoms with Crippen LogP contribution in [0.4, 0.5) is 0 Å². The summed E-state index contributed by atoms with van der Waals surface area (Å²) < 4.78 is 6.00. The van der Waals surface area contributed by atoms with Gasteiger partial charge in [0.15, 0.2) is 0 Å². The molecule has 11 heteroatoms. The predicted molar refractivity (Wildman–Crippen MR) is 205 cm³/mol. The molecule has 4 fully saturated rings. The standard InChI is InChI=1S/C42H62N4O7/c1-24-33-17-30(42(33,6)7)18-34(24)44-40(51)37-36(25(2)49)35(23-48)53-46(37)20-27-12-11-13-32(38(27)52-10)28-14-26(22-47)15-29(16-28)39(50)43-31(21-45(8)9)19-41(3,4)5/h11-16,22,24-25,30-31,33-37,48-49H,17-21,23H2,1-10H3,(H,43,50)(H,44,51)/t24-,25-,30+,31-,33-,34+,35-,36+,37-/m0/s1. The average molecular weight is 735 g/mol. The van der Waals surface area contributed by atoms with Gasteiger partial charge >= 0.3 is 0 Å². The number of hydroxylamine groups is 2. The monoisotopic (exact) mass is 734 g/mol. The highest BCUT2D eigenvalue weighted by molar-refractivity contribution is 5.98. The van der Waals surface area contributed by atoms with Crippen LogP contribution in [0.25, 0.3) is 11.1 Å². The molecule has 2 aromatic rings. The van der Waals surface area contributed by atoms with E-state index in [0.717, 1.165) is 19.1 Å². The number of likely N-dealkylation sites (N-methyl/N-ethyl adjacent to an activating group) is 1. The predicted octanol–water partition coefficient (Wildman–Crippen LogP) is 4.93. The Labute approximate surface area is 315 Å². The zero-order valence-corrected chi connectivity index (χ0v) is 33.3. The molecular weight excluding hydrogens is 672 g/mol. The van der Waals surface area contributed by atoms with Crippen molar-refractivity contribution in [2.24, 2.45) is 34.5 Å². The molecule has 9 atom stereocenters. The van der Waals surface area contributed by atoms with Crippen molar-refractivity contribution < 1.29 is 34.2 Å². The molecule has 2 aromatic carbocycles. The highest BCUT2D eigenvalue weighted by Gasteiger charge is 2.57. The number of aliphatic hydroxyl groups is 2. The Bertz CT molecular complexity index is 1640. The summed E-state index contributed by atoms with van der Waals surface area (Å²) in [6.07, 6.45) is 1.90. The molecule has 1 heterocycles. The number of hydrogen-bond acceptors (Lipinski definition) is 9. The first kappa shape index (κ1) is 40.8. The van der Waals surface area contributed by atoms with Crippen LogP contribution in [0.1, 0.15) is 94.0 Å². The van der Waals surface area contributed by atoms with Gasteiger partial charge in [0, 0.05) is 46.8 Å². The summed E-state index contributed by atoms with van der Waals surface area (Å²) in [6, 6.07) is 9.73. The molecule has 4 N–H and O–H groups in total. The van der Waals surface area contributed by atoms with Gasteiger partial charge < -0.3 is 30.5 Å². The number of hydrogen-bond donors (Lipinski definition) is 4. The molecule has 0 unspecified atom stereocenters. The minimum Gasteiger partial charge on any atom is -0.496 e. The Balaban J connectivity index is 1.43. The Hall–Kier alpha value is -3.35. The first-order valence-corrected chi connectivity index (χ1v) is 19.1. The number of nitrogens with one attached hydrogen (secondary N) is 2. The van der Waals surface area contributed by atoms with Crippen LogP contribution in [-0.2, 0) is 16.2 Å². The normalized spacial score (nSPS) is 27.8. The van der Waals surface area contributed by atoms with Gasteiger partial charge in [0.1, 0.15) is 24.2 Å². The smallest absolute Gasteiger partial charge is 0.251 e. The van der Waals surface area contributed by atoms with Crippen LogP contribution in [-0.4, -0.2) is 103 Å². The van der Waals surface area contributed by atoms with Gasteiger partial charge in [0.05, 0.1) is 26.4 Å². The number of methoxy groups -OCH3 is 1. The molecule has 0 spiro atoms. The van der Waals surface area contributed by atoms with Crippen LogP contribution in [0.5, 0.6) is 5.75 Å². The molecule has 2 bridgehead atoms. The van der Waals surface area contributed by atoms with Gasteiger partial charge in [-0.3, -0.25) is 19.2 Å². The number of benzene rings is 2. The van der Waals surface area contributed by atoms with Gasteiger partial charge in [-0.1, -0.05) is 59.7 Å². The molecule has 3 aliphatic carbocycles. The van der Waals surface area contributed by atoms with Crippen LogP contribution in [0.3, 0.4) is 0 Å². The zero-order valence-electron chi connectivity index (χ0n) is 33.3. The van der Waals surface area contributed by atoms with Crippen molar-refractivity contribution in [3.63, 3.8) is 0 Å². The quantitative estimate of drug-likeness (QED) is 0.199. The van der Waals surface area contributed by atoms with Crippen molar-refractivity contribution >= 4 is 18.1 Å². The molecule has 0 radical (unpaired) electrons. The number of amides is 2. The van der Waals surface area contributed by atoms with E-state index in [0.29, 0.717) is 57.9 Å². The fraction of sp³-hybridized carbons (Fsp3) is 0.643. The largest absolute Gasteiger partial charge is 0.496 e. The molecule has 2 amide bonds. The summed E-state index contributed by atoms with van der Waals surface area (Å²) in [5.74, 6) is 0.739. The second-order valence-corrected chi connectivity index (χ2v) is 17.9. The number of ether oxygens (including phenoxy) is 1. The number of aliphatic hydroxyl groups excluding tert-OH is 2. The first-order chi connectivity index (χ1) is 24.9. The van der Waals surface area contributed by atoms with Crippen molar-refractivity contribution in [2.45, 2.75) is 105 Å². The van der Waals surface area contributed by atoms with E-state index in [4.69, 9.17) is 9.57 Å². The Morgan fingerprint density at radius 3 is 2.45 bits per heavy atom. The number of para-hydroxylation sites is 1. The number of carbonyl (C=O) groups is 3. The third-order valence-corrected chi connectivity index (χ3v) is 12.1. The summed E-state index contributed by atoms with van der Waals surface area (Å²) in [4.78, 5) is 48.4. The fourth-order valence-corrected chi connectivity index (χ4v) is 9.45. The van der Waals surface area contributed by atoms with E-state index in [1.54, 1.807) is 37.3 Å². The molecule has 1 aliphatic heterocycles. The van der Waals surface area contributed by atoms with Gasteiger partial charge in [-0.2, -0.15) is 5.06 Å². The minimum absolute atomic E-state index is 0.00542. The molecule has 292 valence electrons. The summed E-state index contributed by atoms with van der Waals surface area (Å²) in [6.45, 7) is 15.3. The van der Waals surface area contributed by atoms with Crippen LogP contribution in [0.15, 0.2) is 36.4 Å². The van der Waals surface area contributed by atoms with E-state index in [-0.39, 0.29) is 47.9 Å². The van der Waals surface area contributed by atoms with Crippen molar-refractivity contribution in [1.82, 2.24) is 20.6 Å². The first-order valence-electron chi connectivity index (χ1n) is 19.1. The maximum absolute atomic E-state index is 14.2. The molecule has 6 rings (SSSR count). The average Bonchev–Trinajstić information content (AvgIpc) is 3.46. The second-order valence-electron chi connectivity index (χ2n) is 17.9. The third kappa shape index (κ3) is 8.81. The number of fused-ring (bicyclic) bond motifs is 2. The maximum Gasteiger partial charge on any atom is 0.251 e. The zero-order chi connectivity index (χ0) is 39.0. The van der Waals surface area contributed by atoms with Crippen molar-refractivity contribution in [3.8, 4) is 16.9 Å². The van der Waals surface area contributed by atoms with Crippen molar-refractivity contribution in [3.05, 3.63) is 53.1 Å². The van der Waals surface area contributed by atoms with Gasteiger partial charge in [0.25, 0.3) is 5.91 Å². The number of rotatable bonds is 14. The van der Waals surface area contributed by atoms with E-state index >= 15 is 0 Å². The van der Waals surface area contributed by atoms with Crippen molar-refractivity contribution in [2.75, 3.05) is 34.4 Å². The molecular formula is C42H62N4O7. The summed E-state index contributed by atoms with van der Waals surface area (Å²) >= 11 is 0. The van der Waals surface area contributed by atoms with Crippen molar-refractivity contribution in [1.29, 1.82) is 0 Å². The van der Waals surface area contributed by atoms with Gasteiger partial charge in [0.2, 0.25) is 5.91 Å². The molecule has 53 heavy (non-hydrogen) atoms. The lowest BCUT2D eigenvalue weighted by atomic mass is 9.45. The van der Waals surface area contributed by atoms with Gasteiger partial charge in [-0.25, -0.2) is 0 Å². The SMILES string of the molecule is COc1c(CN2O[C@@H](CO)[C@@H]([C@H](C)O)[C@H]2C(=O)N[C@@H]2C[C@H]3C[C@@H]([C@@H]2C)C3(C)C)cccc1-c1cc(C=O)cc(C(=O)N[C@H](CN(C)C)CC(C)(C)C)c1. The van der Waals surface area contributed by atoms with Crippen LogP contribution < -0.4 is 15.4 Å². The van der Waals surface area contributed by atoms with E-state index < -0.39 is 24.2 Å². The Morgan fingerprint density at radius 1 is 1.17 bits per heavy atom. The summed E-state index contributed by atoms with van der Waals surface area (Å²) in [5.41, 5.74) is 2.95. The van der Waals surface area contributed by atoms with Crippen LogP contribution >= 0.6 is 0 Å². The third-order valence-electron chi connectivity index (χ3n) is 12.1. The van der Waals surface area contributed by atoms with Gasteiger partial charge in [-0.05, 0) is 92.6 Å². The molecule has 0 aromatic heterocycles. The number of carbonyl (C=O) groups excluding carboxylic acids is 3. The van der Waals surface area contributed by atoms with E-state index in [1.807, 2.05) is 37.2 Å². The van der Waals surface area contributed by atoms with Crippen LogP contribution in [0.2, 0.25) is 0 Å². The van der Waals surface area contributed by atoms with Crippen LogP contribution in [0, 0.1) is 34.5 Å². The molecule has 3 saturated carbocycles. The van der Waals surface area contributed by atoms with Gasteiger partial charge in [-0.15, -0.1) is 0 Å². The van der Waals surface area contributed by atoms with E-state index in [9.17, 15) is 24.6 Å². The van der Waals surface area contributed by atoms with E-state index in [2.05, 4.69) is 52.2 Å². The molecule has 4 aliphatic rings. The maximum atomic E-state index is 14.2. The molecule has 1 saturated heterocycles. The fourth-order valence-electron chi connectivity index (χ4n) is 9.45. The Kier molecular flexibility index (Phi) is 12.5. The lowest BCUT2D eigenvalue weighted by Gasteiger charge is -2.62. The molecule has 11 nitrogen and oxygen atoms in total. The second kappa shape index (κ2) is 16.2.